The summed E-state index contributed by atoms with van der Waals surface area (Å²) in [5.41, 5.74) is 5.94. The van der Waals surface area contributed by atoms with Crippen LogP contribution in [0.1, 0.15) is 41.4 Å². The van der Waals surface area contributed by atoms with Gasteiger partial charge in [-0.3, -0.25) is 4.79 Å². The topological polar surface area (TPSA) is 30.7 Å². The first-order valence-electron chi connectivity index (χ1n) is 7.81. The lowest BCUT2D eigenvalue weighted by Crippen LogP contribution is -1.96. The maximum Gasteiger partial charge on any atom is 0.167 e. The number of ether oxygens (including phenoxy) is 1. The zero-order valence-electron chi connectivity index (χ0n) is 14.0. The maximum atomic E-state index is 11.7. The van der Waals surface area contributed by atoms with E-state index in [2.05, 4.69) is 45.0 Å². The van der Waals surface area contributed by atoms with Crippen LogP contribution < -0.4 is 4.74 Å². The summed E-state index contributed by atoms with van der Waals surface area (Å²) in [7, 11) is 1.66. The summed E-state index contributed by atoms with van der Waals surface area (Å²) in [6, 6.07) is 12.3. The minimum absolute atomic E-state index is 0.415. The third kappa shape index (κ3) is 2.52. The number of fused-ring (bicyclic) bond motifs is 1. The van der Waals surface area contributed by atoms with Crippen LogP contribution in [-0.4, -0.2) is 17.8 Å². The van der Waals surface area contributed by atoms with Crippen molar-refractivity contribution in [3.63, 3.8) is 0 Å². The van der Waals surface area contributed by atoms with Crippen molar-refractivity contribution in [2.45, 2.75) is 26.7 Å². The summed E-state index contributed by atoms with van der Waals surface area (Å²) in [6.45, 7) is 6.37. The van der Waals surface area contributed by atoms with Crippen LogP contribution in [0.2, 0.25) is 0 Å². The van der Waals surface area contributed by atoms with E-state index in [1.54, 1.807) is 7.11 Å². The molecule has 23 heavy (non-hydrogen) atoms. The van der Waals surface area contributed by atoms with Gasteiger partial charge in [0.25, 0.3) is 0 Å². The molecule has 2 aromatic heterocycles. The molecule has 118 valence electrons. The summed E-state index contributed by atoms with van der Waals surface area (Å²) in [6.07, 6.45) is 2.84. The molecule has 0 aliphatic rings. The summed E-state index contributed by atoms with van der Waals surface area (Å²) < 4.78 is 7.48. The Balaban J connectivity index is 2.34. The smallest absolute Gasteiger partial charge is 0.167 e. The standard InChI is InChI=1S/C20H21NO2/c1-13(2)15-7-8-20(23-4)17(10-15)16-11-18-14(3)6-5-9-21(18)19(16)12-22/h5-13H,1-4H3. The minimum atomic E-state index is 0.415. The number of hydrogen-bond donors (Lipinski definition) is 0. The first kappa shape index (κ1) is 15.3. The van der Waals surface area contributed by atoms with Crippen molar-refractivity contribution in [2.75, 3.05) is 7.11 Å². The van der Waals surface area contributed by atoms with Gasteiger partial charge in [-0.1, -0.05) is 26.0 Å². The Hall–Kier alpha value is -2.55. The zero-order chi connectivity index (χ0) is 16.6. The molecule has 3 heteroatoms. The van der Waals surface area contributed by atoms with Crippen molar-refractivity contribution in [2.24, 2.45) is 0 Å². The minimum Gasteiger partial charge on any atom is -0.496 e. The fourth-order valence-corrected chi connectivity index (χ4v) is 2.99. The fourth-order valence-electron chi connectivity index (χ4n) is 2.99. The lowest BCUT2D eigenvalue weighted by Gasteiger charge is -2.12. The van der Waals surface area contributed by atoms with Crippen molar-refractivity contribution >= 4 is 11.8 Å². The van der Waals surface area contributed by atoms with E-state index in [1.807, 2.05) is 22.7 Å². The first-order chi connectivity index (χ1) is 11.1. The molecule has 3 aromatic rings. The molecule has 0 radical (unpaired) electrons. The Bertz CT molecular complexity index is 875. The van der Waals surface area contributed by atoms with Crippen molar-refractivity contribution < 1.29 is 9.53 Å². The second kappa shape index (κ2) is 5.92. The molecule has 0 saturated heterocycles. The van der Waals surface area contributed by atoms with Crippen LogP contribution in [0.4, 0.5) is 0 Å². The van der Waals surface area contributed by atoms with Gasteiger partial charge < -0.3 is 9.14 Å². The second-order valence-electron chi connectivity index (χ2n) is 6.12. The number of pyridine rings is 1. The van der Waals surface area contributed by atoms with Gasteiger partial charge >= 0.3 is 0 Å². The van der Waals surface area contributed by atoms with Gasteiger partial charge in [-0.05, 0) is 48.2 Å². The average Bonchev–Trinajstić information content (AvgIpc) is 2.94. The van der Waals surface area contributed by atoms with Gasteiger partial charge in [0.05, 0.1) is 12.8 Å². The Kier molecular flexibility index (Phi) is 3.95. The monoisotopic (exact) mass is 307 g/mol. The molecule has 0 saturated carbocycles. The van der Waals surface area contributed by atoms with Gasteiger partial charge in [-0.15, -0.1) is 0 Å². The highest BCUT2D eigenvalue weighted by Gasteiger charge is 2.17. The Morgan fingerprint density at radius 3 is 2.57 bits per heavy atom. The van der Waals surface area contributed by atoms with Gasteiger partial charge in [0.2, 0.25) is 0 Å². The van der Waals surface area contributed by atoms with Crippen LogP contribution in [0.5, 0.6) is 5.75 Å². The summed E-state index contributed by atoms with van der Waals surface area (Å²) in [5, 5.41) is 0. The Morgan fingerprint density at radius 2 is 1.91 bits per heavy atom. The summed E-state index contributed by atoms with van der Waals surface area (Å²) in [5.74, 6) is 1.20. The fraction of sp³-hybridized carbons (Fsp3) is 0.250. The van der Waals surface area contributed by atoms with Gasteiger partial charge in [0.1, 0.15) is 5.75 Å². The third-order valence-corrected chi connectivity index (χ3v) is 4.35. The van der Waals surface area contributed by atoms with E-state index in [0.29, 0.717) is 11.6 Å². The van der Waals surface area contributed by atoms with E-state index in [-0.39, 0.29) is 0 Å². The molecular weight excluding hydrogens is 286 g/mol. The van der Waals surface area contributed by atoms with Gasteiger partial charge in [0.15, 0.2) is 6.29 Å². The lowest BCUT2D eigenvalue weighted by molar-refractivity contribution is 0.111. The van der Waals surface area contributed by atoms with Gasteiger partial charge in [-0.25, -0.2) is 0 Å². The molecule has 0 N–H and O–H groups in total. The van der Waals surface area contributed by atoms with E-state index < -0.39 is 0 Å². The molecule has 0 unspecified atom stereocenters. The quantitative estimate of drug-likeness (QED) is 0.644. The Morgan fingerprint density at radius 1 is 1.13 bits per heavy atom. The molecule has 0 atom stereocenters. The highest BCUT2D eigenvalue weighted by molar-refractivity contribution is 5.92. The van der Waals surface area contributed by atoms with E-state index in [1.165, 1.54) is 5.56 Å². The number of benzene rings is 1. The molecule has 0 spiro atoms. The molecule has 0 amide bonds. The SMILES string of the molecule is COc1ccc(C(C)C)cc1-c1cc2c(C)cccn2c1C=O. The van der Waals surface area contributed by atoms with E-state index in [4.69, 9.17) is 4.74 Å². The second-order valence-corrected chi connectivity index (χ2v) is 6.12. The van der Waals surface area contributed by atoms with Crippen molar-refractivity contribution in [1.82, 2.24) is 4.40 Å². The van der Waals surface area contributed by atoms with Crippen molar-refractivity contribution in [3.05, 3.63) is 59.4 Å². The number of methoxy groups -OCH3 is 1. The van der Waals surface area contributed by atoms with E-state index >= 15 is 0 Å². The predicted molar refractivity (Wildman–Crippen MR) is 93.6 cm³/mol. The number of hydrogen-bond acceptors (Lipinski definition) is 2. The highest BCUT2D eigenvalue weighted by Crippen LogP contribution is 2.36. The number of nitrogens with zero attached hydrogens (tertiary/aromatic N) is 1. The number of carbonyl (C=O) groups excluding carboxylic acids is 1. The molecule has 0 aliphatic carbocycles. The van der Waals surface area contributed by atoms with Crippen LogP contribution in [0.3, 0.4) is 0 Å². The molecule has 3 rings (SSSR count). The molecular formula is C20H21NO2. The van der Waals surface area contributed by atoms with Crippen LogP contribution in [0, 0.1) is 6.92 Å². The number of rotatable bonds is 4. The zero-order valence-corrected chi connectivity index (χ0v) is 14.0. The molecule has 1 aromatic carbocycles. The van der Waals surface area contributed by atoms with Crippen LogP contribution >= 0.6 is 0 Å². The molecule has 0 fully saturated rings. The third-order valence-electron chi connectivity index (χ3n) is 4.35. The number of carbonyl (C=O) groups is 1. The van der Waals surface area contributed by atoms with Crippen molar-refractivity contribution in [3.8, 4) is 16.9 Å². The summed E-state index contributed by atoms with van der Waals surface area (Å²) >= 11 is 0. The normalized spacial score (nSPS) is 11.2. The summed E-state index contributed by atoms with van der Waals surface area (Å²) in [4.78, 5) is 11.7. The number of aldehydes is 1. The number of aryl methyl sites for hydroxylation is 1. The molecule has 3 nitrogen and oxygen atoms in total. The first-order valence-corrected chi connectivity index (χ1v) is 7.81. The van der Waals surface area contributed by atoms with Crippen LogP contribution in [0.15, 0.2) is 42.6 Å². The predicted octanol–water partition coefficient (Wildman–Crippen LogP) is 4.86. The lowest BCUT2D eigenvalue weighted by atomic mass is 9.96. The van der Waals surface area contributed by atoms with E-state index in [0.717, 1.165) is 34.2 Å². The van der Waals surface area contributed by atoms with E-state index in [9.17, 15) is 4.79 Å². The average molecular weight is 307 g/mol. The van der Waals surface area contributed by atoms with Crippen LogP contribution in [0.25, 0.3) is 16.6 Å². The number of aromatic nitrogens is 1. The van der Waals surface area contributed by atoms with Crippen LogP contribution in [-0.2, 0) is 0 Å². The largest absolute Gasteiger partial charge is 0.496 e. The molecule has 0 aliphatic heterocycles. The van der Waals surface area contributed by atoms with Crippen molar-refractivity contribution in [1.29, 1.82) is 0 Å². The van der Waals surface area contributed by atoms with Gasteiger partial charge in [0, 0.05) is 22.8 Å². The van der Waals surface area contributed by atoms with Gasteiger partial charge in [-0.2, -0.15) is 0 Å². The molecule has 0 bridgehead atoms. The highest BCUT2D eigenvalue weighted by atomic mass is 16.5. The Labute approximate surface area is 136 Å². The maximum absolute atomic E-state index is 11.7. The molecule has 2 heterocycles.